The minimum atomic E-state index is -0.00485. The van der Waals surface area contributed by atoms with Crippen molar-refractivity contribution in [3.63, 3.8) is 0 Å². The lowest BCUT2D eigenvalue weighted by Gasteiger charge is -2.06. The van der Waals surface area contributed by atoms with Gasteiger partial charge in [0.15, 0.2) is 0 Å². The van der Waals surface area contributed by atoms with Gasteiger partial charge in [-0.15, -0.1) is 0 Å². The molecule has 20 heavy (non-hydrogen) atoms. The lowest BCUT2D eigenvalue weighted by molar-refractivity contribution is -0.120. The molecule has 0 radical (unpaired) electrons. The molecule has 0 saturated carbocycles. The van der Waals surface area contributed by atoms with Gasteiger partial charge in [0.25, 0.3) is 0 Å². The fourth-order valence-electron chi connectivity index (χ4n) is 1.87. The van der Waals surface area contributed by atoms with Crippen LogP contribution in [0, 0.1) is 6.92 Å². The smallest absolute Gasteiger partial charge is 0.224 e. The van der Waals surface area contributed by atoms with Crippen LogP contribution in [0.2, 0.25) is 0 Å². The number of hydrogen-bond donors (Lipinski definition) is 2. The van der Waals surface area contributed by atoms with Crippen molar-refractivity contribution in [3.05, 3.63) is 47.3 Å². The Hall–Kier alpha value is -2.30. The van der Waals surface area contributed by atoms with Gasteiger partial charge in [0.05, 0.1) is 19.2 Å². The molecule has 1 heterocycles. The molecule has 0 aliphatic carbocycles. The highest BCUT2D eigenvalue weighted by Gasteiger charge is 2.05. The first-order chi connectivity index (χ1) is 9.69. The molecule has 0 fully saturated rings. The molecular weight excluding hydrogens is 254 g/mol. The van der Waals surface area contributed by atoms with E-state index < -0.39 is 0 Å². The Morgan fingerprint density at radius 2 is 2.10 bits per heavy atom. The number of hydrogen-bond acceptors (Lipinski definition) is 3. The Bertz CT molecular complexity index is 561. The van der Waals surface area contributed by atoms with Crippen LogP contribution in [0.25, 0.3) is 0 Å². The quantitative estimate of drug-likeness (QED) is 0.845. The lowest BCUT2D eigenvalue weighted by atomic mass is 10.1. The van der Waals surface area contributed by atoms with Crippen LogP contribution in [0.5, 0.6) is 5.75 Å². The molecule has 0 bridgehead atoms. The van der Waals surface area contributed by atoms with Crippen LogP contribution >= 0.6 is 0 Å². The number of nitrogens with one attached hydrogen (secondary N) is 2. The standard InChI is InChI=1S/C15H19N3O2/c1-3-20-14-6-4-12(5-7-14)8-15(19)16-9-13-10-17-18-11(13)2/h4-7,10H,3,8-9H2,1-2H3,(H,16,19)(H,17,18). The topological polar surface area (TPSA) is 67.0 Å². The molecule has 0 aliphatic rings. The van der Waals surface area contributed by atoms with Gasteiger partial charge in [0, 0.05) is 17.8 Å². The molecular formula is C15H19N3O2. The zero-order valence-electron chi connectivity index (χ0n) is 11.8. The molecule has 2 N–H and O–H groups in total. The van der Waals surface area contributed by atoms with Gasteiger partial charge in [-0.1, -0.05) is 12.1 Å². The van der Waals surface area contributed by atoms with E-state index in [-0.39, 0.29) is 5.91 Å². The fraction of sp³-hybridized carbons (Fsp3) is 0.333. The predicted molar refractivity (Wildman–Crippen MR) is 76.5 cm³/mol. The first kappa shape index (κ1) is 14.1. The van der Waals surface area contributed by atoms with Crippen LogP contribution in [0.3, 0.4) is 0 Å². The Kier molecular flexibility index (Phi) is 4.76. The van der Waals surface area contributed by atoms with Crippen LogP contribution in [0.1, 0.15) is 23.7 Å². The number of carbonyl (C=O) groups excluding carboxylic acids is 1. The second-order valence-corrected chi connectivity index (χ2v) is 4.55. The van der Waals surface area contributed by atoms with E-state index in [0.717, 1.165) is 22.6 Å². The summed E-state index contributed by atoms with van der Waals surface area (Å²) in [6.45, 7) is 5.02. The predicted octanol–water partition coefficient (Wildman–Crippen LogP) is 1.98. The van der Waals surface area contributed by atoms with E-state index in [9.17, 15) is 4.79 Å². The molecule has 1 amide bonds. The minimum absolute atomic E-state index is 0.00485. The average molecular weight is 273 g/mol. The van der Waals surface area contributed by atoms with Gasteiger partial charge >= 0.3 is 0 Å². The Labute approximate surface area is 118 Å². The number of nitrogens with zero attached hydrogens (tertiary/aromatic N) is 1. The van der Waals surface area contributed by atoms with E-state index >= 15 is 0 Å². The maximum atomic E-state index is 11.9. The first-order valence-electron chi connectivity index (χ1n) is 6.66. The van der Waals surface area contributed by atoms with E-state index in [0.29, 0.717) is 19.6 Å². The van der Waals surface area contributed by atoms with Crippen LogP contribution < -0.4 is 10.1 Å². The summed E-state index contributed by atoms with van der Waals surface area (Å²) in [4.78, 5) is 11.9. The summed E-state index contributed by atoms with van der Waals surface area (Å²) in [5.41, 5.74) is 2.95. The van der Waals surface area contributed by atoms with E-state index in [4.69, 9.17) is 4.74 Å². The minimum Gasteiger partial charge on any atom is -0.494 e. The van der Waals surface area contributed by atoms with Gasteiger partial charge < -0.3 is 10.1 Å². The number of aryl methyl sites for hydroxylation is 1. The second kappa shape index (κ2) is 6.75. The third-order valence-electron chi connectivity index (χ3n) is 3.01. The highest BCUT2D eigenvalue weighted by molar-refractivity contribution is 5.78. The van der Waals surface area contributed by atoms with Gasteiger partial charge in [-0.05, 0) is 31.5 Å². The van der Waals surface area contributed by atoms with Crippen LogP contribution in [0.15, 0.2) is 30.5 Å². The molecule has 106 valence electrons. The zero-order chi connectivity index (χ0) is 14.4. The molecule has 0 atom stereocenters. The highest BCUT2D eigenvalue weighted by Crippen LogP contribution is 2.12. The summed E-state index contributed by atoms with van der Waals surface area (Å²) in [5, 5.41) is 9.65. The van der Waals surface area contributed by atoms with Crippen molar-refractivity contribution in [3.8, 4) is 5.75 Å². The van der Waals surface area contributed by atoms with E-state index in [1.54, 1.807) is 6.20 Å². The number of ether oxygens (including phenoxy) is 1. The van der Waals surface area contributed by atoms with Gasteiger partial charge in [-0.3, -0.25) is 9.89 Å². The van der Waals surface area contributed by atoms with Crippen molar-refractivity contribution in [2.45, 2.75) is 26.8 Å². The number of amides is 1. The third-order valence-corrected chi connectivity index (χ3v) is 3.01. The van der Waals surface area contributed by atoms with Gasteiger partial charge in [-0.2, -0.15) is 5.10 Å². The summed E-state index contributed by atoms with van der Waals surface area (Å²) in [7, 11) is 0. The number of carbonyl (C=O) groups is 1. The van der Waals surface area contributed by atoms with E-state index in [2.05, 4.69) is 15.5 Å². The van der Waals surface area contributed by atoms with Crippen LogP contribution in [-0.2, 0) is 17.8 Å². The van der Waals surface area contributed by atoms with Crippen molar-refractivity contribution >= 4 is 5.91 Å². The summed E-state index contributed by atoms with van der Waals surface area (Å²) in [6.07, 6.45) is 2.09. The van der Waals surface area contributed by atoms with Crippen molar-refractivity contribution in [2.75, 3.05) is 6.61 Å². The molecule has 0 aliphatic heterocycles. The molecule has 0 spiro atoms. The summed E-state index contributed by atoms with van der Waals surface area (Å²) in [6, 6.07) is 7.58. The Balaban J connectivity index is 1.83. The van der Waals surface area contributed by atoms with Crippen molar-refractivity contribution in [1.29, 1.82) is 0 Å². The SMILES string of the molecule is CCOc1ccc(CC(=O)NCc2cn[nH]c2C)cc1. The zero-order valence-corrected chi connectivity index (χ0v) is 11.8. The molecule has 0 saturated heterocycles. The fourth-order valence-corrected chi connectivity index (χ4v) is 1.87. The largest absolute Gasteiger partial charge is 0.494 e. The molecule has 1 aromatic heterocycles. The maximum absolute atomic E-state index is 11.9. The molecule has 0 unspecified atom stereocenters. The summed E-state index contributed by atoms with van der Waals surface area (Å²) in [5.74, 6) is 0.820. The number of aromatic amines is 1. The van der Waals surface area contributed by atoms with Gasteiger partial charge in [0.2, 0.25) is 5.91 Å². The van der Waals surface area contributed by atoms with E-state index in [1.807, 2.05) is 38.1 Å². The second-order valence-electron chi connectivity index (χ2n) is 4.55. The number of rotatable bonds is 6. The molecule has 5 heteroatoms. The monoisotopic (exact) mass is 273 g/mol. The summed E-state index contributed by atoms with van der Waals surface area (Å²) >= 11 is 0. The molecule has 5 nitrogen and oxygen atoms in total. The van der Waals surface area contributed by atoms with Crippen molar-refractivity contribution in [1.82, 2.24) is 15.5 Å². The maximum Gasteiger partial charge on any atom is 0.224 e. The summed E-state index contributed by atoms with van der Waals surface area (Å²) < 4.78 is 5.36. The van der Waals surface area contributed by atoms with Gasteiger partial charge in [-0.25, -0.2) is 0 Å². The Morgan fingerprint density at radius 1 is 1.35 bits per heavy atom. The first-order valence-corrected chi connectivity index (χ1v) is 6.66. The van der Waals surface area contributed by atoms with Crippen LogP contribution in [-0.4, -0.2) is 22.7 Å². The highest BCUT2D eigenvalue weighted by atomic mass is 16.5. The van der Waals surface area contributed by atoms with Crippen molar-refractivity contribution in [2.24, 2.45) is 0 Å². The lowest BCUT2D eigenvalue weighted by Crippen LogP contribution is -2.24. The van der Waals surface area contributed by atoms with E-state index in [1.165, 1.54) is 0 Å². The van der Waals surface area contributed by atoms with Gasteiger partial charge in [0.1, 0.15) is 5.75 Å². The van der Waals surface area contributed by atoms with Crippen molar-refractivity contribution < 1.29 is 9.53 Å². The van der Waals surface area contributed by atoms with Crippen LogP contribution in [0.4, 0.5) is 0 Å². The molecule has 2 rings (SSSR count). The number of H-pyrrole nitrogens is 1. The number of aromatic nitrogens is 2. The Morgan fingerprint density at radius 3 is 2.70 bits per heavy atom. The normalized spacial score (nSPS) is 10.3. The molecule has 1 aromatic carbocycles. The third kappa shape index (κ3) is 3.85. The number of benzene rings is 1. The molecule has 2 aromatic rings. The average Bonchev–Trinajstić information content (AvgIpc) is 2.84.